The number of allylic oxidation sites excluding steroid dienone is 2. The zero-order valence-electron chi connectivity index (χ0n) is 17.6. The van der Waals surface area contributed by atoms with E-state index in [1.165, 1.54) is 6.07 Å². The van der Waals surface area contributed by atoms with Crippen LogP contribution in [0.3, 0.4) is 0 Å². The highest BCUT2D eigenvalue weighted by atomic mass is 32.2. The molecule has 1 saturated heterocycles. The maximum atomic E-state index is 13.9. The Labute approximate surface area is 180 Å². The molecule has 1 aromatic rings. The van der Waals surface area contributed by atoms with Gasteiger partial charge in [0.05, 0.1) is 23.8 Å². The first kappa shape index (κ1) is 22.9. The molecular weight excluding hydrogens is 425 g/mol. The number of hydrogen-bond donors (Lipinski definition) is 2. The molecule has 168 valence electrons. The van der Waals surface area contributed by atoms with Gasteiger partial charge in [-0.25, -0.2) is 12.8 Å². The van der Waals surface area contributed by atoms with Crippen molar-refractivity contribution in [2.24, 2.45) is 17.8 Å². The molecule has 0 spiro atoms. The minimum absolute atomic E-state index is 0.0211. The average Bonchev–Trinajstić information content (AvgIpc) is 2.92. The summed E-state index contributed by atoms with van der Waals surface area (Å²) in [4.78, 5) is 40.1. The van der Waals surface area contributed by atoms with Crippen molar-refractivity contribution in [1.29, 1.82) is 0 Å². The minimum atomic E-state index is -3.72. The molecule has 3 amide bonds. The number of amides is 3. The Morgan fingerprint density at radius 3 is 2.26 bits per heavy atom. The highest BCUT2D eigenvalue weighted by Crippen LogP contribution is 2.37. The number of nitrogens with zero attached hydrogens (tertiary/aromatic N) is 1. The van der Waals surface area contributed by atoms with E-state index in [9.17, 15) is 27.2 Å². The molecule has 0 saturated carbocycles. The SMILES string of the molecule is CC(C)CC(C(=O)Nc1ccc(F)c(NS(C)(=O)=O)c1)N1C(=O)C2CC=CCC2C1=O. The van der Waals surface area contributed by atoms with Gasteiger partial charge in [-0.3, -0.25) is 24.0 Å². The Bertz CT molecular complexity index is 1010. The van der Waals surface area contributed by atoms with E-state index >= 15 is 0 Å². The molecule has 0 bridgehead atoms. The summed E-state index contributed by atoms with van der Waals surface area (Å²) in [6, 6.07) is 2.44. The molecule has 0 aromatic heterocycles. The molecule has 1 fully saturated rings. The van der Waals surface area contributed by atoms with Gasteiger partial charge in [0.2, 0.25) is 27.7 Å². The molecule has 10 heteroatoms. The van der Waals surface area contributed by atoms with Gasteiger partial charge in [-0.05, 0) is 43.4 Å². The third kappa shape index (κ3) is 5.12. The van der Waals surface area contributed by atoms with Crippen LogP contribution in [0.1, 0.15) is 33.1 Å². The van der Waals surface area contributed by atoms with Gasteiger partial charge in [0.15, 0.2) is 0 Å². The van der Waals surface area contributed by atoms with Crippen LogP contribution in [0, 0.1) is 23.6 Å². The van der Waals surface area contributed by atoms with Crippen LogP contribution >= 0.6 is 0 Å². The summed E-state index contributed by atoms with van der Waals surface area (Å²) in [5.41, 5.74) is -0.171. The predicted octanol–water partition coefficient (Wildman–Crippen LogP) is 2.50. The Kier molecular flexibility index (Phi) is 6.49. The lowest BCUT2D eigenvalue weighted by molar-refractivity contribution is -0.147. The first-order chi connectivity index (χ1) is 14.5. The van der Waals surface area contributed by atoms with E-state index in [-0.39, 0.29) is 35.5 Å². The number of halogens is 1. The van der Waals surface area contributed by atoms with Gasteiger partial charge in [-0.2, -0.15) is 0 Å². The van der Waals surface area contributed by atoms with Crippen LogP contribution in [0.5, 0.6) is 0 Å². The van der Waals surface area contributed by atoms with Crippen molar-refractivity contribution in [3.63, 3.8) is 0 Å². The fraction of sp³-hybridized carbons (Fsp3) is 0.476. The second kappa shape index (κ2) is 8.78. The summed E-state index contributed by atoms with van der Waals surface area (Å²) < 4.78 is 38.9. The molecular formula is C21H26FN3O5S. The summed E-state index contributed by atoms with van der Waals surface area (Å²) in [5.74, 6) is -2.96. The van der Waals surface area contributed by atoms with E-state index in [4.69, 9.17) is 0 Å². The first-order valence-electron chi connectivity index (χ1n) is 10.1. The van der Waals surface area contributed by atoms with E-state index in [1.54, 1.807) is 0 Å². The summed E-state index contributed by atoms with van der Waals surface area (Å²) >= 11 is 0. The van der Waals surface area contributed by atoms with Gasteiger partial charge in [0, 0.05) is 5.69 Å². The number of carbonyl (C=O) groups is 3. The number of carbonyl (C=O) groups excluding carboxylic acids is 3. The molecule has 8 nitrogen and oxygen atoms in total. The number of benzene rings is 1. The van der Waals surface area contributed by atoms with E-state index in [1.807, 2.05) is 30.7 Å². The Balaban J connectivity index is 1.85. The van der Waals surface area contributed by atoms with Gasteiger partial charge < -0.3 is 5.32 Å². The van der Waals surface area contributed by atoms with Crippen LogP contribution in [0.25, 0.3) is 0 Å². The predicted molar refractivity (Wildman–Crippen MR) is 114 cm³/mol. The van der Waals surface area contributed by atoms with Crippen molar-refractivity contribution in [3.05, 3.63) is 36.2 Å². The quantitative estimate of drug-likeness (QED) is 0.489. The summed E-state index contributed by atoms with van der Waals surface area (Å²) in [7, 11) is -3.72. The molecule has 2 N–H and O–H groups in total. The second-order valence-corrected chi connectivity index (χ2v) is 10.2. The standard InChI is InChI=1S/C21H26FN3O5S/c1-12(2)10-18(25-20(27)14-6-4-5-7-15(14)21(25)28)19(26)23-13-8-9-16(22)17(11-13)24-31(3,29)30/h4-5,8-9,11-12,14-15,18,24H,6-7,10H2,1-3H3,(H,23,26). The lowest BCUT2D eigenvalue weighted by Gasteiger charge is -2.27. The van der Waals surface area contributed by atoms with Crippen LogP contribution < -0.4 is 10.0 Å². The molecule has 1 aliphatic heterocycles. The number of fused-ring (bicyclic) bond motifs is 1. The zero-order valence-corrected chi connectivity index (χ0v) is 18.4. The number of anilines is 2. The largest absolute Gasteiger partial charge is 0.324 e. The van der Waals surface area contributed by atoms with Crippen molar-refractivity contribution in [1.82, 2.24) is 4.90 Å². The van der Waals surface area contributed by atoms with E-state index in [0.29, 0.717) is 12.8 Å². The van der Waals surface area contributed by atoms with Crippen LogP contribution in [0.2, 0.25) is 0 Å². The number of hydrogen-bond acceptors (Lipinski definition) is 5. The molecule has 2 aliphatic rings. The number of likely N-dealkylation sites (tertiary alicyclic amines) is 1. The summed E-state index contributed by atoms with van der Waals surface area (Å²) in [6.45, 7) is 3.76. The Morgan fingerprint density at radius 1 is 1.16 bits per heavy atom. The molecule has 3 atom stereocenters. The average molecular weight is 452 g/mol. The molecule has 1 aromatic carbocycles. The molecule has 0 radical (unpaired) electrons. The third-order valence-electron chi connectivity index (χ3n) is 5.38. The molecule has 31 heavy (non-hydrogen) atoms. The fourth-order valence-electron chi connectivity index (χ4n) is 4.02. The number of imide groups is 1. The van der Waals surface area contributed by atoms with Gasteiger partial charge in [0.1, 0.15) is 11.9 Å². The van der Waals surface area contributed by atoms with E-state index < -0.39 is 39.6 Å². The number of sulfonamides is 1. The lowest BCUT2D eigenvalue weighted by atomic mass is 9.85. The molecule has 3 unspecified atom stereocenters. The summed E-state index contributed by atoms with van der Waals surface area (Å²) in [5, 5.41) is 2.60. The topological polar surface area (TPSA) is 113 Å². The van der Waals surface area contributed by atoms with Crippen LogP contribution in [-0.4, -0.2) is 43.3 Å². The number of nitrogens with one attached hydrogen (secondary N) is 2. The van der Waals surface area contributed by atoms with Crippen molar-refractivity contribution < 1.29 is 27.2 Å². The van der Waals surface area contributed by atoms with Gasteiger partial charge in [0.25, 0.3) is 0 Å². The van der Waals surface area contributed by atoms with Gasteiger partial charge in [-0.15, -0.1) is 0 Å². The third-order valence-corrected chi connectivity index (χ3v) is 5.97. The first-order valence-corrected chi connectivity index (χ1v) is 12.0. The van der Waals surface area contributed by atoms with Crippen molar-refractivity contribution in [3.8, 4) is 0 Å². The summed E-state index contributed by atoms with van der Waals surface area (Å²) in [6.07, 6.45) is 5.85. The van der Waals surface area contributed by atoms with Crippen LogP contribution in [0.4, 0.5) is 15.8 Å². The highest BCUT2D eigenvalue weighted by molar-refractivity contribution is 7.92. The fourth-order valence-corrected chi connectivity index (χ4v) is 4.57. The lowest BCUT2D eigenvalue weighted by Crippen LogP contribution is -2.48. The molecule has 3 rings (SSSR count). The monoisotopic (exact) mass is 451 g/mol. The van der Waals surface area contributed by atoms with Gasteiger partial charge >= 0.3 is 0 Å². The Hall–Kier alpha value is -2.75. The number of rotatable bonds is 7. The Morgan fingerprint density at radius 2 is 1.74 bits per heavy atom. The van der Waals surface area contributed by atoms with Crippen molar-refractivity contribution >= 4 is 39.1 Å². The normalized spacial score (nSPS) is 21.9. The van der Waals surface area contributed by atoms with Crippen molar-refractivity contribution in [2.45, 2.75) is 39.2 Å². The molecule has 1 aliphatic carbocycles. The maximum Gasteiger partial charge on any atom is 0.247 e. The van der Waals surface area contributed by atoms with Crippen LogP contribution in [0.15, 0.2) is 30.4 Å². The highest BCUT2D eigenvalue weighted by Gasteiger charge is 2.51. The minimum Gasteiger partial charge on any atom is -0.324 e. The second-order valence-electron chi connectivity index (χ2n) is 8.41. The van der Waals surface area contributed by atoms with Gasteiger partial charge in [-0.1, -0.05) is 26.0 Å². The van der Waals surface area contributed by atoms with Crippen LogP contribution in [-0.2, 0) is 24.4 Å². The maximum absolute atomic E-state index is 13.9. The van der Waals surface area contributed by atoms with E-state index in [2.05, 4.69) is 5.32 Å². The van der Waals surface area contributed by atoms with E-state index in [0.717, 1.165) is 23.3 Å². The molecule has 1 heterocycles. The smallest absolute Gasteiger partial charge is 0.247 e. The zero-order chi connectivity index (χ0) is 22.9. The van der Waals surface area contributed by atoms with Crippen molar-refractivity contribution in [2.75, 3.05) is 16.3 Å².